The van der Waals surface area contributed by atoms with Gasteiger partial charge in [0, 0.05) is 11.8 Å². The van der Waals surface area contributed by atoms with Gasteiger partial charge in [0.05, 0.1) is 5.69 Å². The number of alkyl halides is 3. The number of carbonyl (C=O) groups is 1. The van der Waals surface area contributed by atoms with E-state index in [-0.39, 0.29) is 18.0 Å². The Hall–Kier alpha value is -2.90. The number of amides is 1. The highest BCUT2D eigenvalue weighted by Crippen LogP contribution is 2.32. The summed E-state index contributed by atoms with van der Waals surface area (Å²) in [6.07, 6.45) is -5.82. The number of carbonyl (C=O) groups excluding carboxylic acids is 1. The number of benzene rings is 2. The lowest BCUT2D eigenvalue weighted by Gasteiger charge is -2.14. The van der Waals surface area contributed by atoms with Crippen molar-refractivity contribution in [3.8, 4) is 5.75 Å². The average molecular weight is 326 g/mol. The van der Waals surface area contributed by atoms with Crippen LogP contribution in [0.1, 0.15) is 5.56 Å². The molecule has 0 spiro atoms. The van der Waals surface area contributed by atoms with Crippen LogP contribution in [0.4, 0.5) is 29.3 Å². The zero-order valence-corrected chi connectivity index (χ0v) is 11.8. The van der Waals surface area contributed by atoms with Crippen LogP contribution in [0.5, 0.6) is 5.75 Å². The number of nitrogen functional groups attached to an aromatic ring is 1. The molecular weight excluding hydrogens is 313 g/mol. The molecule has 0 atom stereocenters. The van der Waals surface area contributed by atoms with Gasteiger partial charge >= 0.3 is 12.5 Å². The fourth-order valence-corrected chi connectivity index (χ4v) is 1.72. The second-order valence-corrected chi connectivity index (χ2v) is 4.49. The zero-order valence-electron chi connectivity index (χ0n) is 11.8. The quantitative estimate of drug-likeness (QED) is 0.835. The summed E-state index contributed by atoms with van der Waals surface area (Å²) in [5.74, 6) is -0.617. The van der Waals surface area contributed by atoms with Gasteiger partial charge in [0.15, 0.2) is 5.75 Å². The molecule has 0 aromatic heterocycles. The van der Waals surface area contributed by atoms with E-state index in [0.29, 0.717) is 0 Å². The van der Waals surface area contributed by atoms with Crippen molar-refractivity contribution in [2.45, 2.75) is 13.0 Å². The standard InChI is InChI=1S/C15H13F3N2O3/c16-15(17,18)23-13-8-11(19)6-7-12(13)20-14(21)22-9-10-4-2-1-3-5-10/h1-8H,9,19H2,(H,20,21). The summed E-state index contributed by atoms with van der Waals surface area (Å²) in [4.78, 5) is 11.7. The largest absolute Gasteiger partial charge is 0.573 e. The van der Waals surface area contributed by atoms with Gasteiger partial charge in [0.2, 0.25) is 0 Å². The van der Waals surface area contributed by atoms with Crippen LogP contribution >= 0.6 is 0 Å². The van der Waals surface area contributed by atoms with E-state index in [0.717, 1.165) is 11.6 Å². The molecule has 0 unspecified atom stereocenters. The lowest BCUT2D eigenvalue weighted by molar-refractivity contribution is -0.274. The van der Waals surface area contributed by atoms with Crippen LogP contribution in [-0.2, 0) is 11.3 Å². The normalized spacial score (nSPS) is 10.9. The highest BCUT2D eigenvalue weighted by atomic mass is 19.4. The SMILES string of the molecule is Nc1ccc(NC(=O)OCc2ccccc2)c(OC(F)(F)F)c1. The molecule has 23 heavy (non-hydrogen) atoms. The maximum absolute atomic E-state index is 12.4. The molecule has 2 rings (SSSR count). The maximum atomic E-state index is 12.4. The van der Waals surface area contributed by atoms with E-state index in [4.69, 9.17) is 10.5 Å². The smallest absolute Gasteiger partial charge is 0.444 e. The molecule has 2 aromatic carbocycles. The molecule has 0 aliphatic carbocycles. The summed E-state index contributed by atoms with van der Waals surface area (Å²) in [6, 6.07) is 12.3. The molecule has 2 aromatic rings. The Morgan fingerprint density at radius 3 is 2.48 bits per heavy atom. The van der Waals surface area contributed by atoms with Crippen LogP contribution in [0.15, 0.2) is 48.5 Å². The Kier molecular flexibility index (Phi) is 4.95. The summed E-state index contributed by atoms with van der Waals surface area (Å²) in [6.45, 7) is -0.0168. The van der Waals surface area contributed by atoms with Crippen LogP contribution in [0.3, 0.4) is 0 Å². The van der Waals surface area contributed by atoms with Gasteiger partial charge in [-0.05, 0) is 17.7 Å². The Labute approximate surface area is 129 Å². The van der Waals surface area contributed by atoms with Crippen molar-refractivity contribution >= 4 is 17.5 Å². The van der Waals surface area contributed by atoms with Gasteiger partial charge in [-0.25, -0.2) is 4.79 Å². The summed E-state index contributed by atoms with van der Waals surface area (Å²) in [7, 11) is 0. The minimum absolute atomic E-state index is 0.0168. The summed E-state index contributed by atoms with van der Waals surface area (Å²) < 4.78 is 45.8. The molecule has 5 nitrogen and oxygen atoms in total. The summed E-state index contributed by atoms with van der Waals surface area (Å²) in [5.41, 5.74) is 6.03. The molecule has 0 fully saturated rings. The highest BCUT2D eigenvalue weighted by Gasteiger charge is 2.32. The number of anilines is 2. The Balaban J connectivity index is 2.02. The van der Waals surface area contributed by atoms with Gasteiger partial charge in [0.1, 0.15) is 6.61 Å². The highest BCUT2D eigenvalue weighted by molar-refractivity contribution is 5.87. The predicted molar refractivity (Wildman–Crippen MR) is 77.8 cm³/mol. The van der Waals surface area contributed by atoms with Crippen molar-refractivity contribution < 1.29 is 27.4 Å². The van der Waals surface area contributed by atoms with E-state index >= 15 is 0 Å². The third kappa shape index (κ3) is 5.42. The molecule has 0 saturated heterocycles. The minimum Gasteiger partial charge on any atom is -0.444 e. The first kappa shape index (κ1) is 16.5. The van der Waals surface area contributed by atoms with Crippen LogP contribution in [0, 0.1) is 0 Å². The van der Waals surface area contributed by atoms with E-state index in [2.05, 4.69) is 10.1 Å². The number of halogens is 3. The van der Waals surface area contributed by atoms with Crippen molar-refractivity contribution in [2.24, 2.45) is 0 Å². The maximum Gasteiger partial charge on any atom is 0.573 e. The fourth-order valence-electron chi connectivity index (χ4n) is 1.72. The van der Waals surface area contributed by atoms with E-state index in [1.807, 2.05) is 0 Å². The number of ether oxygens (including phenoxy) is 2. The molecule has 0 heterocycles. The van der Waals surface area contributed by atoms with Gasteiger partial charge < -0.3 is 15.2 Å². The van der Waals surface area contributed by atoms with Crippen molar-refractivity contribution in [3.05, 3.63) is 54.1 Å². The monoisotopic (exact) mass is 326 g/mol. The molecule has 0 saturated carbocycles. The van der Waals surface area contributed by atoms with Gasteiger partial charge in [-0.1, -0.05) is 30.3 Å². The zero-order chi connectivity index (χ0) is 16.9. The van der Waals surface area contributed by atoms with Crippen LogP contribution in [0.2, 0.25) is 0 Å². The topological polar surface area (TPSA) is 73.6 Å². The molecule has 0 bridgehead atoms. The second kappa shape index (κ2) is 6.91. The van der Waals surface area contributed by atoms with Crippen molar-refractivity contribution in [3.63, 3.8) is 0 Å². The van der Waals surface area contributed by atoms with E-state index in [1.54, 1.807) is 30.3 Å². The van der Waals surface area contributed by atoms with Gasteiger partial charge in [-0.2, -0.15) is 0 Å². The first-order chi connectivity index (χ1) is 10.8. The third-order valence-electron chi connectivity index (χ3n) is 2.68. The third-order valence-corrected chi connectivity index (χ3v) is 2.68. The molecule has 122 valence electrons. The van der Waals surface area contributed by atoms with E-state index < -0.39 is 18.2 Å². The van der Waals surface area contributed by atoms with Gasteiger partial charge in [-0.3, -0.25) is 5.32 Å². The first-order valence-electron chi connectivity index (χ1n) is 6.46. The number of rotatable bonds is 4. The van der Waals surface area contributed by atoms with Crippen LogP contribution in [-0.4, -0.2) is 12.5 Å². The van der Waals surface area contributed by atoms with Gasteiger partial charge in [-0.15, -0.1) is 13.2 Å². The average Bonchev–Trinajstić information content (AvgIpc) is 2.47. The number of nitrogens with two attached hydrogens (primary N) is 1. The molecule has 0 aliphatic rings. The van der Waals surface area contributed by atoms with Crippen molar-refractivity contribution in [2.75, 3.05) is 11.1 Å². The molecule has 8 heteroatoms. The van der Waals surface area contributed by atoms with Crippen molar-refractivity contribution in [1.29, 1.82) is 0 Å². The molecule has 3 N–H and O–H groups in total. The fraction of sp³-hybridized carbons (Fsp3) is 0.133. The number of hydrogen-bond acceptors (Lipinski definition) is 4. The minimum atomic E-state index is -4.90. The summed E-state index contributed by atoms with van der Waals surface area (Å²) >= 11 is 0. The van der Waals surface area contributed by atoms with Crippen molar-refractivity contribution in [1.82, 2.24) is 0 Å². The Morgan fingerprint density at radius 1 is 1.13 bits per heavy atom. The molecule has 0 aliphatic heterocycles. The molecular formula is C15H13F3N2O3. The number of nitrogens with one attached hydrogen (secondary N) is 1. The van der Waals surface area contributed by atoms with E-state index in [9.17, 15) is 18.0 Å². The van der Waals surface area contributed by atoms with E-state index in [1.165, 1.54) is 12.1 Å². The lowest BCUT2D eigenvalue weighted by atomic mass is 10.2. The predicted octanol–water partition coefficient (Wildman–Crippen LogP) is 3.92. The Morgan fingerprint density at radius 2 is 1.83 bits per heavy atom. The Bertz CT molecular complexity index is 675. The van der Waals surface area contributed by atoms with Crippen LogP contribution < -0.4 is 15.8 Å². The number of hydrogen-bond donors (Lipinski definition) is 2. The molecule has 0 radical (unpaired) electrons. The van der Waals surface area contributed by atoms with Gasteiger partial charge in [0.25, 0.3) is 0 Å². The lowest BCUT2D eigenvalue weighted by Crippen LogP contribution is -2.20. The summed E-state index contributed by atoms with van der Waals surface area (Å²) in [5, 5.41) is 2.19. The van der Waals surface area contributed by atoms with Crippen LogP contribution in [0.25, 0.3) is 0 Å². The second-order valence-electron chi connectivity index (χ2n) is 4.49. The molecule has 1 amide bonds. The first-order valence-corrected chi connectivity index (χ1v) is 6.46.